The first-order chi connectivity index (χ1) is 14.1. The average Bonchev–Trinajstić information content (AvgIpc) is 3.14. The summed E-state index contributed by atoms with van der Waals surface area (Å²) in [4.78, 5) is 58.9. The molecule has 0 aliphatic heterocycles. The molecule has 2 aromatic heterocycles. The highest BCUT2D eigenvalue weighted by atomic mass is 16.5. The van der Waals surface area contributed by atoms with Gasteiger partial charge in [0.25, 0.3) is 5.56 Å². The molecular weight excluding hydrogens is 394 g/mol. The van der Waals surface area contributed by atoms with Gasteiger partial charge in [0.1, 0.15) is 23.7 Å². The van der Waals surface area contributed by atoms with Crippen LogP contribution in [-0.2, 0) is 16.1 Å². The summed E-state index contributed by atoms with van der Waals surface area (Å²) >= 11 is 0. The smallest absolute Gasteiger partial charge is 0.423 e. The summed E-state index contributed by atoms with van der Waals surface area (Å²) in [6.07, 6.45) is -0.830. The molecule has 5 N–H and O–H groups in total. The zero-order valence-electron chi connectivity index (χ0n) is 16.5. The van der Waals surface area contributed by atoms with Gasteiger partial charge in [0.05, 0.1) is 21.2 Å². The van der Waals surface area contributed by atoms with Crippen LogP contribution in [0.2, 0.25) is 0 Å². The van der Waals surface area contributed by atoms with Gasteiger partial charge in [-0.15, -0.1) is 0 Å². The molecular formula is C18H20N7O5+. The van der Waals surface area contributed by atoms with Crippen LogP contribution < -0.4 is 17.0 Å². The van der Waals surface area contributed by atoms with E-state index in [1.165, 1.54) is 14.1 Å². The number of aromatic amines is 2. The summed E-state index contributed by atoms with van der Waals surface area (Å²) in [6.45, 7) is -0.631. The third kappa shape index (κ3) is 3.51. The van der Waals surface area contributed by atoms with E-state index in [4.69, 9.17) is 11.1 Å². The molecule has 0 aliphatic carbocycles. The van der Waals surface area contributed by atoms with E-state index in [0.717, 1.165) is 7.11 Å². The van der Waals surface area contributed by atoms with Crippen molar-refractivity contribution in [2.75, 3.05) is 21.2 Å². The van der Waals surface area contributed by atoms with Gasteiger partial charge in [0.2, 0.25) is 0 Å². The number of imide groups is 1. The molecule has 2 amide bonds. The highest BCUT2D eigenvalue weighted by Gasteiger charge is 2.37. The number of rotatable bonds is 4. The summed E-state index contributed by atoms with van der Waals surface area (Å²) in [5, 5.41) is 7.42. The van der Waals surface area contributed by atoms with Gasteiger partial charge >= 0.3 is 17.7 Å². The Morgan fingerprint density at radius 1 is 1.20 bits per heavy atom. The summed E-state index contributed by atoms with van der Waals surface area (Å²) in [6, 6.07) is 6.56. The number of methoxy groups -OCH3 is 1. The van der Waals surface area contributed by atoms with E-state index in [9.17, 15) is 19.2 Å². The summed E-state index contributed by atoms with van der Waals surface area (Å²) < 4.78 is 4.48. The van der Waals surface area contributed by atoms with Crippen LogP contribution in [-0.4, -0.2) is 63.0 Å². The van der Waals surface area contributed by atoms with Crippen molar-refractivity contribution in [2.45, 2.75) is 6.54 Å². The molecule has 0 atom stereocenters. The number of hydrogen-bond acceptors (Lipinski definition) is 7. The number of carbonyl (C=O) groups is 2. The van der Waals surface area contributed by atoms with Crippen LogP contribution in [0.5, 0.6) is 0 Å². The minimum atomic E-state index is -0.837. The average molecular weight is 414 g/mol. The number of amidine groups is 1. The Morgan fingerprint density at radius 3 is 2.40 bits per heavy atom. The normalized spacial score (nSPS) is 11.4. The number of nitrogen functional groups attached to an aromatic ring is 1. The van der Waals surface area contributed by atoms with Gasteiger partial charge in [-0.1, -0.05) is 24.3 Å². The van der Waals surface area contributed by atoms with Crippen LogP contribution in [0, 0.1) is 5.41 Å². The van der Waals surface area contributed by atoms with Gasteiger partial charge in [0, 0.05) is 11.1 Å². The number of fused-ring (bicyclic) bond motifs is 1. The monoisotopic (exact) mass is 414 g/mol. The molecule has 0 radical (unpaired) electrons. The van der Waals surface area contributed by atoms with Crippen molar-refractivity contribution in [3.05, 3.63) is 50.7 Å². The molecule has 12 nitrogen and oxygen atoms in total. The second-order valence-corrected chi connectivity index (χ2v) is 6.94. The third-order valence-electron chi connectivity index (χ3n) is 4.65. The van der Waals surface area contributed by atoms with Crippen LogP contribution in [0.3, 0.4) is 0 Å². The lowest BCUT2D eigenvalue weighted by Gasteiger charge is -2.21. The lowest BCUT2D eigenvalue weighted by Crippen LogP contribution is -2.53. The highest BCUT2D eigenvalue weighted by Crippen LogP contribution is 2.18. The standard InChI is InChI=1S/C18H19N7O5/c1-25(2,18(29)30-3)11(26)8-24-16(27)12-15(23-17(24)28)22-14(21-12)10-6-4-9(5-7-10)13(19)20/h4-7H,8H2,1-3H3,(H4-,19,20,21,22,23,27,28)/p+1. The number of nitrogens with zero attached hydrogens (tertiary/aromatic N) is 3. The second kappa shape index (κ2) is 7.40. The molecule has 0 bridgehead atoms. The van der Waals surface area contributed by atoms with E-state index in [1.807, 2.05) is 0 Å². The quantitative estimate of drug-likeness (QED) is 0.258. The fourth-order valence-electron chi connectivity index (χ4n) is 2.74. The number of nitrogens with two attached hydrogens (primary N) is 1. The summed E-state index contributed by atoms with van der Waals surface area (Å²) in [5.41, 5.74) is 4.99. The number of aromatic nitrogens is 4. The maximum Gasteiger partial charge on any atom is 0.522 e. The van der Waals surface area contributed by atoms with Crippen LogP contribution in [0.15, 0.2) is 33.9 Å². The molecule has 12 heteroatoms. The number of amides is 2. The first-order valence-electron chi connectivity index (χ1n) is 8.69. The number of benzene rings is 1. The molecule has 30 heavy (non-hydrogen) atoms. The number of carbonyl (C=O) groups excluding carboxylic acids is 2. The zero-order chi connectivity index (χ0) is 22.2. The minimum absolute atomic E-state index is 0.00332. The molecule has 1 aromatic carbocycles. The Hall–Kier alpha value is -4.06. The number of H-pyrrole nitrogens is 2. The number of ether oxygens (including phenoxy) is 1. The van der Waals surface area contributed by atoms with Gasteiger partial charge in [-0.3, -0.25) is 15.2 Å². The first kappa shape index (κ1) is 20.7. The maximum atomic E-state index is 12.8. The van der Waals surface area contributed by atoms with Crippen molar-refractivity contribution in [1.82, 2.24) is 19.5 Å². The maximum absolute atomic E-state index is 12.8. The molecule has 0 aliphatic rings. The fraction of sp³-hybridized carbons (Fsp3) is 0.222. The lowest BCUT2D eigenvalue weighted by molar-refractivity contribution is -0.738. The van der Waals surface area contributed by atoms with E-state index in [1.54, 1.807) is 24.3 Å². The van der Waals surface area contributed by atoms with E-state index in [0.29, 0.717) is 21.5 Å². The molecule has 0 unspecified atom stereocenters. The number of likely N-dealkylation sites (N-methyl/N-ethyl adjacent to an activating group) is 1. The van der Waals surface area contributed by atoms with E-state index in [-0.39, 0.29) is 17.0 Å². The van der Waals surface area contributed by atoms with Crippen molar-refractivity contribution >= 4 is 29.0 Å². The summed E-state index contributed by atoms with van der Waals surface area (Å²) in [7, 11) is 3.73. The first-order valence-corrected chi connectivity index (χ1v) is 8.69. The second-order valence-electron chi connectivity index (χ2n) is 6.94. The van der Waals surface area contributed by atoms with Crippen molar-refractivity contribution in [3.8, 4) is 11.4 Å². The Balaban J connectivity index is 2.02. The topological polar surface area (TPSA) is 177 Å². The van der Waals surface area contributed by atoms with Crippen LogP contribution in [0.25, 0.3) is 22.6 Å². The number of imidazole rings is 1. The van der Waals surface area contributed by atoms with Gasteiger partial charge in [-0.05, 0) is 0 Å². The Kier molecular flexibility index (Phi) is 5.10. The third-order valence-corrected chi connectivity index (χ3v) is 4.65. The van der Waals surface area contributed by atoms with Gasteiger partial charge in [-0.2, -0.15) is 9.28 Å². The summed E-state index contributed by atoms with van der Waals surface area (Å²) in [5.74, 6) is -0.493. The van der Waals surface area contributed by atoms with E-state index in [2.05, 4.69) is 19.7 Å². The minimum Gasteiger partial charge on any atom is -0.423 e. The molecule has 0 fully saturated rings. The van der Waals surface area contributed by atoms with E-state index >= 15 is 0 Å². The molecule has 156 valence electrons. The number of nitrogens with one attached hydrogen (secondary N) is 3. The largest absolute Gasteiger partial charge is 0.522 e. The van der Waals surface area contributed by atoms with Crippen molar-refractivity contribution < 1.29 is 18.8 Å². The highest BCUT2D eigenvalue weighted by molar-refractivity contribution is 5.95. The van der Waals surface area contributed by atoms with Gasteiger partial charge in [0.15, 0.2) is 5.65 Å². The molecule has 3 rings (SSSR count). The SMILES string of the molecule is COC(=O)[N+](C)(C)C(=O)Cn1c(=O)[nH]c2nc(-c3ccc(C(=N)N)cc3)[nH]c2c1=O. The van der Waals surface area contributed by atoms with Crippen molar-refractivity contribution in [2.24, 2.45) is 5.73 Å². The zero-order valence-corrected chi connectivity index (χ0v) is 16.5. The lowest BCUT2D eigenvalue weighted by atomic mass is 10.1. The number of hydrogen-bond donors (Lipinski definition) is 4. The Bertz CT molecular complexity index is 1280. The van der Waals surface area contributed by atoms with E-state index < -0.39 is 34.3 Å². The number of quaternary nitrogens is 1. The molecule has 0 saturated heterocycles. The molecule has 3 aromatic rings. The van der Waals surface area contributed by atoms with Gasteiger partial charge < -0.3 is 15.5 Å². The fourth-order valence-corrected chi connectivity index (χ4v) is 2.74. The Morgan fingerprint density at radius 2 is 1.83 bits per heavy atom. The predicted molar refractivity (Wildman–Crippen MR) is 107 cm³/mol. The van der Waals surface area contributed by atoms with Crippen LogP contribution >= 0.6 is 0 Å². The molecule has 2 heterocycles. The van der Waals surface area contributed by atoms with Gasteiger partial charge in [-0.25, -0.2) is 19.1 Å². The van der Waals surface area contributed by atoms with Crippen LogP contribution in [0.4, 0.5) is 4.79 Å². The van der Waals surface area contributed by atoms with Crippen LogP contribution in [0.1, 0.15) is 5.56 Å². The Labute approximate surface area is 169 Å². The molecule has 0 saturated carbocycles. The van der Waals surface area contributed by atoms with Crippen molar-refractivity contribution in [3.63, 3.8) is 0 Å². The molecule has 0 spiro atoms. The van der Waals surface area contributed by atoms with Crippen molar-refractivity contribution in [1.29, 1.82) is 5.41 Å². The predicted octanol–water partition coefficient (Wildman–Crippen LogP) is -0.267.